The summed E-state index contributed by atoms with van der Waals surface area (Å²) in [5.41, 5.74) is 0. The van der Waals surface area contributed by atoms with E-state index in [-0.39, 0.29) is 24.0 Å². The third kappa shape index (κ3) is 6.43. The van der Waals surface area contributed by atoms with Crippen LogP contribution in [-0.2, 0) is 0 Å². The van der Waals surface area contributed by atoms with Crippen LogP contribution in [0.2, 0.25) is 0 Å². The number of nitrogens with zero attached hydrogens (tertiary/aromatic N) is 2. The molecule has 1 saturated heterocycles. The van der Waals surface area contributed by atoms with E-state index in [0.717, 1.165) is 31.9 Å². The Morgan fingerprint density at radius 1 is 1.25 bits per heavy atom. The molecule has 0 atom stereocenters. The molecule has 0 bridgehead atoms. The molecule has 0 saturated carbocycles. The molecule has 1 fully saturated rings. The highest BCUT2D eigenvalue weighted by Crippen LogP contribution is 2.09. The van der Waals surface area contributed by atoms with Crippen molar-refractivity contribution in [2.75, 3.05) is 32.7 Å². The number of rotatable bonds is 6. The highest BCUT2D eigenvalue weighted by atomic mass is 127. The van der Waals surface area contributed by atoms with Gasteiger partial charge < -0.3 is 15.5 Å². The molecular weight excluding hydrogens is 363 g/mol. The van der Waals surface area contributed by atoms with Crippen molar-refractivity contribution in [2.24, 2.45) is 4.99 Å². The minimum Gasteiger partial charge on any atom is -0.357 e. The quantitative estimate of drug-likeness (QED) is 0.240. The summed E-state index contributed by atoms with van der Waals surface area (Å²) in [6.07, 6.45) is 10.7. The van der Waals surface area contributed by atoms with E-state index < -0.39 is 0 Å². The maximum Gasteiger partial charge on any atom is 0.191 e. The first-order valence-electron chi connectivity index (χ1n) is 7.80. The van der Waals surface area contributed by atoms with Crippen molar-refractivity contribution in [3.05, 3.63) is 12.2 Å². The lowest BCUT2D eigenvalue weighted by Gasteiger charge is -2.17. The van der Waals surface area contributed by atoms with Gasteiger partial charge in [-0.3, -0.25) is 4.99 Å². The molecule has 4 nitrogen and oxygen atoms in total. The van der Waals surface area contributed by atoms with Gasteiger partial charge in [-0.1, -0.05) is 12.2 Å². The first kappa shape index (κ1) is 17.8. The van der Waals surface area contributed by atoms with Crippen molar-refractivity contribution in [2.45, 2.75) is 45.1 Å². The van der Waals surface area contributed by atoms with Crippen LogP contribution in [0, 0.1) is 0 Å². The first-order valence-corrected chi connectivity index (χ1v) is 7.80. The van der Waals surface area contributed by atoms with E-state index in [1.807, 2.05) is 0 Å². The van der Waals surface area contributed by atoms with E-state index in [4.69, 9.17) is 0 Å². The van der Waals surface area contributed by atoms with E-state index in [1.54, 1.807) is 0 Å². The van der Waals surface area contributed by atoms with Crippen LogP contribution in [0.3, 0.4) is 0 Å². The zero-order chi connectivity index (χ0) is 13.3. The Hall–Kier alpha value is -0.300. The number of aliphatic imine (C=N–C) groups is 1. The van der Waals surface area contributed by atoms with Gasteiger partial charge in [0, 0.05) is 19.1 Å². The molecule has 20 heavy (non-hydrogen) atoms. The van der Waals surface area contributed by atoms with Crippen LogP contribution in [0.1, 0.15) is 39.0 Å². The standard InChI is InChI=1S/C15H28N4.HI/c1-2-16-15(18-14-8-3-4-9-14)17-10-7-13-19-11-5-6-12-19;/h3-4,14H,2,5-13H2,1H3,(H2,16,17,18);1H. The second-order valence-electron chi connectivity index (χ2n) is 5.45. The molecule has 1 aliphatic heterocycles. The summed E-state index contributed by atoms with van der Waals surface area (Å²) in [4.78, 5) is 7.23. The number of hydrogen-bond donors (Lipinski definition) is 2. The lowest BCUT2D eigenvalue weighted by molar-refractivity contribution is 0.336. The topological polar surface area (TPSA) is 39.7 Å². The highest BCUT2D eigenvalue weighted by Gasteiger charge is 2.12. The largest absolute Gasteiger partial charge is 0.357 e. The molecule has 1 heterocycles. The first-order chi connectivity index (χ1) is 9.38. The van der Waals surface area contributed by atoms with Crippen LogP contribution in [-0.4, -0.2) is 49.6 Å². The summed E-state index contributed by atoms with van der Waals surface area (Å²) in [5, 5.41) is 6.84. The van der Waals surface area contributed by atoms with E-state index >= 15 is 0 Å². The molecule has 0 unspecified atom stereocenters. The number of likely N-dealkylation sites (tertiary alicyclic amines) is 1. The Labute approximate surface area is 140 Å². The summed E-state index contributed by atoms with van der Waals surface area (Å²) in [6.45, 7) is 7.75. The monoisotopic (exact) mass is 392 g/mol. The lowest BCUT2D eigenvalue weighted by atomic mass is 10.2. The van der Waals surface area contributed by atoms with Crippen LogP contribution in [0.25, 0.3) is 0 Å². The van der Waals surface area contributed by atoms with Crippen molar-refractivity contribution in [3.63, 3.8) is 0 Å². The summed E-state index contributed by atoms with van der Waals surface area (Å²) in [6, 6.07) is 0.538. The molecule has 1 aliphatic carbocycles. The number of halogens is 1. The second-order valence-corrected chi connectivity index (χ2v) is 5.45. The predicted molar refractivity (Wildman–Crippen MR) is 97.0 cm³/mol. The van der Waals surface area contributed by atoms with E-state index in [0.29, 0.717) is 6.04 Å². The molecule has 116 valence electrons. The van der Waals surface area contributed by atoms with Crippen LogP contribution in [0.15, 0.2) is 17.1 Å². The Kier molecular flexibility index (Phi) is 9.26. The molecule has 2 rings (SSSR count). The molecule has 0 radical (unpaired) electrons. The summed E-state index contributed by atoms with van der Waals surface area (Å²) >= 11 is 0. The average Bonchev–Trinajstić information content (AvgIpc) is 3.08. The summed E-state index contributed by atoms with van der Waals surface area (Å²) < 4.78 is 0. The third-order valence-corrected chi connectivity index (χ3v) is 3.79. The fraction of sp³-hybridized carbons (Fsp3) is 0.800. The molecule has 0 amide bonds. The molecule has 0 spiro atoms. The lowest BCUT2D eigenvalue weighted by Crippen LogP contribution is -2.42. The van der Waals surface area contributed by atoms with E-state index in [9.17, 15) is 0 Å². The Morgan fingerprint density at radius 2 is 1.95 bits per heavy atom. The zero-order valence-corrected chi connectivity index (χ0v) is 14.9. The Morgan fingerprint density at radius 3 is 2.60 bits per heavy atom. The van der Waals surface area contributed by atoms with Gasteiger partial charge in [0.05, 0.1) is 0 Å². The fourth-order valence-electron chi connectivity index (χ4n) is 2.74. The Balaban J connectivity index is 0.00000200. The van der Waals surface area contributed by atoms with Crippen LogP contribution in [0.5, 0.6) is 0 Å². The number of hydrogen-bond acceptors (Lipinski definition) is 2. The minimum absolute atomic E-state index is 0. The summed E-state index contributed by atoms with van der Waals surface area (Å²) in [7, 11) is 0. The molecule has 5 heteroatoms. The van der Waals surface area contributed by atoms with E-state index in [1.165, 1.54) is 38.9 Å². The van der Waals surface area contributed by atoms with Crippen LogP contribution < -0.4 is 10.6 Å². The number of nitrogens with one attached hydrogen (secondary N) is 2. The number of guanidine groups is 1. The smallest absolute Gasteiger partial charge is 0.191 e. The van der Waals surface area contributed by atoms with Gasteiger partial charge in [-0.05, 0) is 58.7 Å². The van der Waals surface area contributed by atoms with Gasteiger partial charge in [0.25, 0.3) is 0 Å². The van der Waals surface area contributed by atoms with Crippen LogP contribution in [0.4, 0.5) is 0 Å². The van der Waals surface area contributed by atoms with Gasteiger partial charge in [-0.15, -0.1) is 24.0 Å². The van der Waals surface area contributed by atoms with Gasteiger partial charge in [0.15, 0.2) is 5.96 Å². The fourth-order valence-corrected chi connectivity index (χ4v) is 2.74. The maximum atomic E-state index is 4.68. The predicted octanol–water partition coefficient (Wildman–Crippen LogP) is 2.36. The van der Waals surface area contributed by atoms with Gasteiger partial charge >= 0.3 is 0 Å². The van der Waals surface area contributed by atoms with Gasteiger partial charge in [0.1, 0.15) is 0 Å². The molecule has 0 aromatic heterocycles. The average molecular weight is 392 g/mol. The minimum atomic E-state index is 0. The highest BCUT2D eigenvalue weighted by molar-refractivity contribution is 14.0. The van der Waals surface area contributed by atoms with Crippen molar-refractivity contribution < 1.29 is 0 Å². The van der Waals surface area contributed by atoms with E-state index in [2.05, 4.69) is 39.6 Å². The van der Waals surface area contributed by atoms with Crippen molar-refractivity contribution in [1.82, 2.24) is 15.5 Å². The molecule has 2 aliphatic rings. The normalized spacial score (nSPS) is 20.1. The van der Waals surface area contributed by atoms with Gasteiger partial charge in [-0.25, -0.2) is 0 Å². The molecular formula is C15H29IN4. The van der Waals surface area contributed by atoms with Crippen LogP contribution >= 0.6 is 24.0 Å². The molecule has 0 aromatic carbocycles. The maximum absolute atomic E-state index is 4.68. The SMILES string of the molecule is CCNC(=NCCCN1CCCC1)NC1CC=CC1.I. The van der Waals surface area contributed by atoms with Crippen molar-refractivity contribution >= 4 is 29.9 Å². The molecule has 0 aromatic rings. The Bertz CT molecular complexity index is 303. The van der Waals surface area contributed by atoms with Gasteiger partial charge in [-0.2, -0.15) is 0 Å². The second kappa shape index (κ2) is 10.4. The summed E-state index contributed by atoms with van der Waals surface area (Å²) in [5.74, 6) is 0.984. The molecule has 2 N–H and O–H groups in total. The van der Waals surface area contributed by atoms with Crippen molar-refractivity contribution in [3.8, 4) is 0 Å². The third-order valence-electron chi connectivity index (χ3n) is 3.79. The van der Waals surface area contributed by atoms with Gasteiger partial charge in [0.2, 0.25) is 0 Å². The van der Waals surface area contributed by atoms with Crippen molar-refractivity contribution in [1.29, 1.82) is 0 Å². The zero-order valence-electron chi connectivity index (χ0n) is 12.6.